The van der Waals surface area contributed by atoms with E-state index in [-0.39, 0.29) is 0 Å². The Balaban J connectivity index is 2.09. The summed E-state index contributed by atoms with van der Waals surface area (Å²) in [7, 11) is 0. The maximum Gasteiger partial charge on any atom is 0.0590 e. The molecule has 2 nitrogen and oxygen atoms in total. The number of hydrogen-bond acceptors (Lipinski definition) is 2. The molecule has 2 heteroatoms. The first-order valence-corrected chi connectivity index (χ1v) is 4.72. The second-order valence-electron chi connectivity index (χ2n) is 4.01. The molecule has 0 aromatic rings. The molecule has 1 heterocycles. The third-order valence-corrected chi connectivity index (χ3v) is 3.53. The predicted octanol–water partition coefficient (Wildman–Crippen LogP) is 0.901. The van der Waals surface area contributed by atoms with Gasteiger partial charge in [-0.3, -0.25) is 0 Å². The highest BCUT2D eigenvalue weighted by molar-refractivity contribution is 4.99. The minimum Gasteiger partial charge on any atom is -0.395 e. The van der Waals surface area contributed by atoms with Crippen LogP contribution in [0.25, 0.3) is 0 Å². The number of nitrogens with one attached hydrogen (secondary N) is 1. The lowest BCUT2D eigenvalue weighted by Crippen LogP contribution is -2.37. The zero-order valence-corrected chi connectivity index (χ0v) is 6.97. The third-order valence-electron chi connectivity index (χ3n) is 3.53. The molecule has 2 N–H and O–H groups in total. The first kappa shape index (κ1) is 7.56. The normalized spacial score (nSPS) is 35.2. The van der Waals surface area contributed by atoms with E-state index in [0.29, 0.717) is 18.1 Å². The molecule has 0 bridgehead atoms. The molecule has 1 saturated carbocycles. The van der Waals surface area contributed by atoms with Gasteiger partial charge in [0.05, 0.1) is 6.61 Å². The van der Waals surface area contributed by atoms with Crippen molar-refractivity contribution in [1.29, 1.82) is 0 Å². The molecule has 2 rings (SSSR count). The molecular weight excluding hydrogens is 138 g/mol. The van der Waals surface area contributed by atoms with Crippen LogP contribution in [0.15, 0.2) is 0 Å². The summed E-state index contributed by atoms with van der Waals surface area (Å²) in [5.41, 5.74) is 0.495. The van der Waals surface area contributed by atoms with Crippen molar-refractivity contribution in [2.75, 3.05) is 13.2 Å². The van der Waals surface area contributed by atoms with E-state index in [1.807, 2.05) is 0 Å². The Morgan fingerprint density at radius 2 is 2.00 bits per heavy atom. The zero-order valence-electron chi connectivity index (χ0n) is 6.97. The fraction of sp³-hybridized carbons (Fsp3) is 1.00. The summed E-state index contributed by atoms with van der Waals surface area (Å²) in [4.78, 5) is 0. The van der Waals surface area contributed by atoms with Gasteiger partial charge in [-0.2, -0.15) is 0 Å². The molecule has 1 aliphatic carbocycles. The molecule has 1 saturated heterocycles. The lowest BCUT2D eigenvalue weighted by molar-refractivity contribution is 0.161. The van der Waals surface area contributed by atoms with E-state index in [1.54, 1.807) is 0 Å². The number of aliphatic hydroxyl groups is 1. The predicted molar refractivity (Wildman–Crippen MR) is 44.4 cm³/mol. The summed E-state index contributed by atoms with van der Waals surface area (Å²) < 4.78 is 0. The number of rotatable bonds is 1. The minimum absolute atomic E-state index is 0.333. The molecule has 0 aromatic heterocycles. The van der Waals surface area contributed by atoms with Gasteiger partial charge in [-0.05, 0) is 31.2 Å². The lowest BCUT2D eigenvalue weighted by atomic mass is 9.79. The molecule has 0 radical (unpaired) electrons. The molecule has 11 heavy (non-hydrogen) atoms. The zero-order chi connectivity index (χ0) is 7.73. The van der Waals surface area contributed by atoms with Crippen molar-refractivity contribution in [3.8, 4) is 0 Å². The van der Waals surface area contributed by atoms with E-state index >= 15 is 0 Å². The van der Waals surface area contributed by atoms with Gasteiger partial charge >= 0.3 is 0 Å². The van der Waals surface area contributed by atoms with Gasteiger partial charge in [0.2, 0.25) is 0 Å². The summed E-state index contributed by atoms with van der Waals surface area (Å²) in [6.45, 7) is 1.45. The van der Waals surface area contributed by atoms with Gasteiger partial charge in [-0.15, -0.1) is 0 Å². The average molecular weight is 155 g/mol. The Hall–Kier alpha value is -0.0800. The minimum atomic E-state index is 0.333. The Labute approximate surface area is 68.0 Å². The highest BCUT2D eigenvalue weighted by atomic mass is 16.3. The number of hydrogen-bond donors (Lipinski definition) is 2. The van der Waals surface area contributed by atoms with Crippen molar-refractivity contribution in [2.24, 2.45) is 5.41 Å². The SMILES string of the molecule is OCC1NCCC12CCCC2. The maximum atomic E-state index is 9.13. The van der Waals surface area contributed by atoms with Crippen molar-refractivity contribution < 1.29 is 5.11 Å². The van der Waals surface area contributed by atoms with Crippen LogP contribution in [0.3, 0.4) is 0 Å². The standard InChI is InChI=1S/C9H17NO/c11-7-8-9(5-6-10-8)3-1-2-4-9/h8,10-11H,1-7H2. The molecular formula is C9H17NO. The second kappa shape index (κ2) is 2.76. The van der Waals surface area contributed by atoms with E-state index in [2.05, 4.69) is 5.32 Å². The largest absolute Gasteiger partial charge is 0.395 e. The second-order valence-corrected chi connectivity index (χ2v) is 4.01. The molecule has 2 fully saturated rings. The Bertz CT molecular complexity index is 135. The lowest BCUT2D eigenvalue weighted by Gasteiger charge is -2.28. The smallest absolute Gasteiger partial charge is 0.0590 e. The Morgan fingerprint density at radius 1 is 1.27 bits per heavy atom. The van der Waals surface area contributed by atoms with Crippen LogP contribution in [-0.2, 0) is 0 Å². The van der Waals surface area contributed by atoms with Gasteiger partial charge in [0.25, 0.3) is 0 Å². The van der Waals surface area contributed by atoms with E-state index in [0.717, 1.165) is 6.54 Å². The molecule has 0 aromatic carbocycles. The van der Waals surface area contributed by atoms with Crippen LogP contribution in [0.4, 0.5) is 0 Å². The summed E-state index contributed by atoms with van der Waals surface area (Å²) in [6.07, 6.45) is 6.71. The van der Waals surface area contributed by atoms with Crippen LogP contribution >= 0.6 is 0 Å². The van der Waals surface area contributed by atoms with E-state index in [4.69, 9.17) is 5.11 Å². The summed E-state index contributed by atoms with van der Waals surface area (Å²) >= 11 is 0. The average Bonchev–Trinajstić information content (AvgIpc) is 2.62. The monoisotopic (exact) mass is 155 g/mol. The highest BCUT2D eigenvalue weighted by Crippen LogP contribution is 2.46. The van der Waals surface area contributed by atoms with Gasteiger partial charge in [-0.1, -0.05) is 12.8 Å². The van der Waals surface area contributed by atoms with Gasteiger partial charge in [0.1, 0.15) is 0 Å². The van der Waals surface area contributed by atoms with Crippen molar-refractivity contribution in [3.05, 3.63) is 0 Å². The topological polar surface area (TPSA) is 32.3 Å². The first-order chi connectivity index (χ1) is 5.37. The molecule has 1 atom stereocenters. The van der Waals surface area contributed by atoms with Crippen molar-refractivity contribution in [3.63, 3.8) is 0 Å². The summed E-state index contributed by atoms with van der Waals surface area (Å²) in [5.74, 6) is 0. The first-order valence-electron chi connectivity index (χ1n) is 4.72. The van der Waals surface area contributed by atoms with Gasteiger partial charge < -0.3 is 10.4 Å². The molecule has 1 spiro atoms. The fourth-order valence-electron chi connectivity index (χ4n) is 2.82. The van der Waals surface area contributed by atoms with E-state index < -0.39 is 0 Å². The third kappa shape index (κ3) is 1.09. The summed E-state index contributed by atoms with van der Waals surface area (Å²) in [6, 6.07) is 0.407. The van der Waals surface area contributed by atoms with Crippen molar-refractivity contribution in [2.45, 2.75) is 38.1 Å². The van der Waals surface area contributed by atoms with Gasteiger partial charge in [0.15, 0.2) is 0 Å². The van der Waals surface area contributed by atoms with Crippen LogP contribution in [0.2, 0.25) is 0 Å². The maximum absolute atomic E-state index is 9.13. The molecule has 64 valence electrons. The quantitative estimate of drug-likeness (QED) is 0.589. The van der Waals surface area contributed by atoms with Crippen LogP contribution in [0.5, 0.6) is 0 Å². The van der Waals surface area contributed by atoms with Crippen LogP contribution in [0, 0.1) is 5.41 Å². The fourth-order valence-corrected chi connectivity index (χ4v) is 2.82. The van der Waals surface area contributed by atoms with Gasteiger partial charge in [0, 0.05) is 6.04 Å². The summed E-state index contributed by atoms with van der Waals surface area (Å²) in [5, 5.41) is 12.5. The van der Waals surface area contributed by atoms with Crippen molar-refractivity contribution in [1.82, 2.24) is 5.32 Å². The highest BCUT2D eigenvalue weighted by Gasteiger charge is 2.43. The Kier molecular flexibility index (Phi) is 1.90. The van der Waals surface area contributed by atoms with Crippen molar-refractivity contribution >= 4 is 0 Å². The van der Waals surface area contributed by atoms with Crippen LogP contribution < -0.4 is 5.32 Å². The number of aliphatic hydroxyl groups excluding tert-OH is 1. The Morgan fingerprint density at radius 3 is 2.64 bits per heavy atom. The van der Waals surface area contributed by atoms with Crippen LogP contribution in [-0.4, -0.2) is 24.3 Å². The van der Waals surface area contributed by atoms with E-state index in [9.17, 15) is 0 Å². The molecule has 0 amide bonds. The van der Waals surface area contributed by atoms with Crippen LogP contribution in [0.1, 0.15) is 32.1 Å². The molecule has 2 aliphatic rings. The molecule has 1 aliphatic heterocycles. The van der Waals surface area contributed by atoms with E-state index in [1.165, 1.54) is 32.1 Å². The van der Waals surface area contributed by atoms with Gasteiger partial charge in [-0.25, -0.2) is 0 Å². The molecule has 1 unspecified atom stereocenters.